The molecule has 2 heterocycles. The maximum absolute atomic E-state index is 12.7. The zero-order valence-electron chi connectivity index (χ0n) is 20.3. The summed E-state index contributed by atoms with van der Waals surface area (Å²) in [5, 5.41) is 0. The monoisotopic (exact) mass is 446 g/mol. The van der Waals surface area contributed by atoms with Crippen LogP contribution >= 0.6 is 0 Å². The van der Waals surface area contributed by atoms with Crippen LogP contribution in [0.3, 0.4) is 0 Å². The van der Waals surface area contributed by atoms with Crippen molar-refractivity contribution in [2.45, 2.75) is 65.8 Å². The molecule has 3 aromatic rings. The van der Waals surface area contributed by atoms with Crippen LogP contribution in [0.2, 0.25) is 0 Å². The number of fused-ring (bicyclic) bond motifs is 1. The number of rotatable bonds is 7. The third kappa shape index (κ3) is 4.50. The van der Waals surface area contributed by atoms with Crippen LogP contribution in [0.4, 0.5) is 0 Å². The maximum Gasteiger partial charge on any atom is 0.251 e. The Morgan fingerprint density at radius 3 is 2.39 bits per heavy atom. The average Bonchev–Trinajstić information content (AvgIpc) is 3.34. The molecule has 5 nitrogen and oxygen atoms in total. The topological polar surface area (TPSA) is 66.5 Å². The molecular formula is C28H34N2O3. The summed E-state index contributed by atoms with van der Waals surface area (Å²) in [6, 6.07) is 14.6. The van der Waals surface area contributed by atoms with Crippen molar-refractivity contribution in [3.8, 4) is 22.6 Å². The summed E-state index contributed by atoms with van der Waals surface area (Å²) in [5.41, 5.74) is 13.0. The van der Waals surface area contributed by atoms with Crippen molar-refractivity contribution >= 4 is 5.91 Å². The summed E-state index contributed by atoms with van der Waals surface area (Å²) < 4.78 is 13.3. The van der Waals surface area contributed by atoms with Gasteiger partial charge in [-0.3, -0.25) is 4.79 Å². The van der Waals surface area contributed by atoms with E-state index in [9.17, 15) is 4.79 Å². The lowest BCUT2D eigenvalue weighted by Gasteiger charge is -2.19. The first-order valence-electron chi connectivity index (χ1n) is 11.7. The maximum atomic E-state index is 12.7. The standard InChI is InChI=1S/C28H34N2O3/c1-6-7-8-22-26(20-10-12-21(13-11-20)28(3,4)5)25(27(29)31)18(2)30(22)16-19-9-14-23-24(15-19)33-17-32-23/h9-15H,6-8,16-17H2,1-5H3,(H2,29,31). The van der Waals surface area contributed by atoms with Gasteiger partial charge in [0, 0.05) is 23.5 Å². The molecule has 0 radical (unpaired) electrons. The second kappa shape index (κ2) is 8.97. The van der Waals surface area contributed by atoms with Crippen molar-refractivity contribution in [2.24, 2.45) is 5.73 Å². The van der Waals surface area contributed by atoms with Crippen LogP contribution in [0.5, 0.6) is 11.5 Å². The van der Waals surface area contributed by atoms with Crippen LogP contribution in [0.1, 0.15) is 73.4 Å². The second-order valence-corrected chi connectivity index (χ2v) is 9.85. The van der Waals surface area contributed by atoms with Crippen LogP contribution < -0.4 is 15.2 Å². The highest BCUT2D eigenvalue weighted by atomic mass is 16.7. The van der Waals surface area contributed by atoms with Crippen molar-refractivity contribution in [1.82, 2.24) is 4.57 Å². The van der Waals surface area contributed by atoms with Gasteiger partial charge in [0.15, 0.2) is 11.5 Å². The molecule has 4 rings (SSSR count). The molecule has 0 spiro atoms. The summed E-state index contributed by atoms with van der Waals surface area (Å²) in [6.45, 7) is 11.7. The van der Waals surface area contributed by atoms with Gasteiger partial charge in [0.1, 0.15) is 0 Å². The molecule has 1 aromatic heterocycles. The normalized spacial score (nSPS) is 12.9. The van der Waals surface area contributed by atoms with E-state index in [1.54, 1.807) is 0 Å². The Balaban J connectivity index is 1.84. The van der Waals surface area contributed by atoms with E-state index in [0.717, 1.165) is 58.8 Å². The van der Waals surface area contributed by atoms with E-state index >= 15 is 0 Å². The van der Waals surface area contributed by atoms with E-state index in [1.165, 1.54) is 5.56 Å². The summed E-state index contributed by atoms with van der Waals surface area (Å²) in [5.74, 6) is 1.15. The molecule has 0 saturated heterocycles. The average molecular weight is 447 g/mol. The van der Waals surface area contributed by atoms with Crippen molar-refractivity contribution in [2.75, 3.05) is 6.79 Å². The molecule has 5 heteroatoms. The molecule has 0 fully saturated rings. The number of benzene rings is 2. The number of primary amides is 1. The Morgan fingerprint density at radius 1 is 1.06 bits per heavy atom. The van der Waals surface area contributed by atoms with Gasteiger partial charge in [-0.15, -0.1) is 0 Å². The number of nitrogens with two attached hydrogens (primary N) is 1. The number of nitrogens with zero attached hydrogens (tertiary/aromatic N) is 1. The van der Waals surface area contributed by atoms with E-state index in [1.807, 2.05) is 19.1 Å². The zero-order chi connectivity index (χ0) is 23.8. The highest BCUT2D eigenvalue weighted by molar-refractivity contribution is 6.02. The Labute approximate surface area is 196 Å². The summed E-state index contributed by atoms with van der Waals surface area (Å²) in [7, 11) is 0. The highest BCUT2D eigenvalue weighted by Crippen LogP contribution is 2.37. The predicted molar refractivity (Wildman–Crippen MR) is 132 cm³/mol. The van der Waals surface area contributed by atoms with Gasteiger partial charge in [-0.05, 0) is 54.0 Å². The SMILES string of the molecule is CCCCc1c(-c2ccc(C(C)(C)C)cc2)c(C(N)=O)c(C)n1Cc1ccc2c(c1)OCO2. The molecule has 0 aliphatic carbocycles. The molecule has 0 saturated carbocycles. The molecule has 0 atom stereocenters. The Morgan fingerprint density at radius 2 is 1.76 bits per heavy atom. The number of amides is 1. The van der Waals surface area contributed by atoms with Crippen LogP contribution in [0.25, 0.3) is 11.1 Å². The van der Waals surface area contributed by atoms with Gasteiger partial charge >= 0.3 is 0 Å². The molecule has 0 bridgehead atoms. The minimum Gasteiger partial charge on any atom is -0.454 e. The number of hydrogen-bond acceptors (Lipinski definition) is 3. The molecular weight excluding hydrogens is 412 g/mol. The van der Waals surface area contributed by atoms with Crippen molar-refractivity contribution in [3.05, 3.63) is 70.5 Å². The number of ether oxygens (including phenoxy) is 2. The van der Waals surface area contributed by atoms with E-state index < -0.39 is 0 Å². The smallest absolute Gasteiger partial charge is 0.251 e. The summed E-state index contributed by atoms with van der Waals surface area (Å²) in [6.07, 6.45) is 2.99. The first kappa shape index (κ1) is 23.0. The van der Waals surface area contributed by atoms with Gasteiger partial charge in [-0.2, -0.15) is 0 Å². The predicted octanol–water partition coefficient (Wildman–Crippen LogP) is 5.98. The molecule has 1 amide bonds. The highest BCUT2D eigenvalue weighted by Gasteiger charge is 2.25. The molecule has 2 N–H and O–H groups in total. The van der Waals surface area contributed by atoms with Gasteiger partial charge in [-0.25, -0.2) is 0 Å². The molecule has 33 heavy (non-hydrogen) atoms. The molecule has 0 unspecified atom stereocenters. The van der Waals surface area contributed by atoms with E-state index in [0.29, 0.717) is 12.1 Å². The van der Waals surface area contributed by atoms with Crippen LogP contribution in [0.15, 0.2) is 42.5 Å². The van der Waals surface area contributed by atoms with Crippen molar-refractivity contribution < 1.29 is 14.3 Å². The lowest BCUT2D eigenvalue weighted by atomic mass is 9.86. The summed E-state index contributed by atoms with van der Waals surface area (Å²) in [4.78, 5) is 12.7. The fourth-order valence-corrected chi connectivity index (χ4v) is 4.59. The number of carbonyl (C=O) groups is 1. The second-order valence-electron chi connectivity index (χ2n) is 9.85. The lowest BCUT2D eigenvalue weighted by Crippen LogP contribution is -2.14. The van der Waals surface area contributed by atoms with Crippen LogP contribution in [-0.4, -0.2) is 17.3 Å². The first-order chi connectivity index (χ1) is 15.7. The van der Waals surface area contributed by atoms with Gasteiger partial charge in [0.25, 0.3) is 5.91 Å². The van der Waals surface area contributed by atoms with Crippen LogP contribution in [0, 0.1) is 6.92 Å². The summed E-state index contributed by atoms with van der Waals surface area (Å²) >= 11 is 0. The Kier molecular flexibility index (Phi) is 6.24. The largest absolute Gasteiger partial charge is 0.454 e. The van der Waals surface area contributed by atoms with E-state index in [-0.39, 0.29) is 18.1 Å². The van der Waals surface area contributed by atoms with Crippen molar-refractivity contribution in [3.63, 3.8) is 0 Å². The number of unbranched alkanes of at least 4 members (excludes halogenated alkanes) is 1. The Hall–Kier alpha value is -3.21. The fourth-order valence-electron chi connectivity index (χ4n) is 4.59. The minimum atomic E-state index is -0.385. The molecule has 174 valence electrons. The molecule has 2 aromatic carbocycles. The number of carbonyl (C=O) groups excluding carboxylic acids is 1. The minimum absolute atomic E-state index is 0.0668. The fraction of sp³-hybridized carbons (Fsp3) is 0.393. The first-order valence-corrected chi connectivity index (χ1v) is 11.7. The lowest BCUT2D eigenvalue weighted by molar-refractivity contribution is 0.1000. The van der Waals surface area contributed by atoms with Gasteiger partial charge in [0.05, 0.1) is 5.56 Å². The third-order valence-electron chi connectivity index (χ3n) is 6.46. The third-order valence-corrected chi connectivity index (χ3v) is 6.46. The number of aromatic nitrogens is 1. The van der Waals surface area contributed by atoms with E-state index in [2.05, 4.69) is 62.6 Å². The van der Waals surface area contributed by atoms with Gasteiger partial charge in [-0.1, -0.05) is 64.4 Å². The van der Waals surface area contributed by atoms with Gasteiger partial charge < -0.3 is 19.8 Å². The van der Waals surface area contributed by atoms with E-state index in [4.69, 9.17) is 15.2 Å². The van der Waals surface area contributed by atoms with Gasteiger partial charge in [0.2, 0.25) is 6.79 Å². The van der Waals surface area contributed by atoms with Crippen LogP contribution in [-0.2, 0) is 18.4 Å². The Bertz CT molecular complexity index is 1170. The number of hydrogen-bond donors (Lipinski definition) is 1. The quantitative estimate of drug-likeness (QED) is 0.485. The molecule has 1 aliphatic heterocycles. The molecule has 1 aliphatic rings. The zero-order valence-corrected chi connectivity index (χ0v) is 20.3. The van der Waals surface area contributed by atoms with Crippen molar-refractivity contribution in [1.29, 1.82) is 0 Å².